The average molecular weight is 808 g/mol. The molecule has 0 saturated heterocycles. The third kappa shape index (κ3) is 5.11. The van der Waals surface area contributed by atoms with E-state index in [1.165, 1.54) is 95.3 Å². The SMILES string of the molecule is CC1(C)c2ccccc2C2CCC(N(c3ccc4c(c3)C3(c5ccccc5-c5cccc6cccc3c56)c3cccc(-c5ccccc5)c3-4)c3ccccc3-c3ccccc3)CC21. The molecule has 13 rings (SSSR count). The lowest BCUT2D eigenvalue weighted by Gasteiger charge is -2.45. The van der Waals surface area contributed by atoms with Gasteiger partial charge in [-0.2, -0.15) is 0 Å². The first-order valence-electron chi connectivity index (χ1n) is 23.0. The molecule has 0 amide bonds. The molecule has 4 aliphatic rings. The lowest BCUT2D eigenvalue weighted by molar-refractivity contribution is 0.213. The molecule has 1 nitrogen and oxygen atoms in total. The molecule has 1 spiro atoms. The van der Waals surface area contributed by atoms with Crippen LogP contribution in [0.2, 0.25) is 0 Å². The van der Waals surface area contributed by atoms with Crippen LogP contribution >= 0.6 is 0 Å². The van der Waals surface area contributed by atoms with E-state index < -0.39 is 5.41 Å². The summed E-state index contributed by atoms with van der Waals surface area (Å²) < 4.78 is 0. The Bertz CT molecular complexity index is 3260. The fourth-order valence-electron chi connectivity index (χ4n) is 13.3. The zero-order valence-electron chi connectivity index (χ0n) is 35.9. The highest BCUT2D eigenvalue weighted by Gasteiger charge is 2.52. The second-order valence-corrected chi connectivity index (χ2v) is 19.1. The van der Waals surface area contributed by atoms with Crippen LogP contribution in [0, 0.1) is 5.92 Å². The Morgan fingerprint density at radius 2 is 1.05 bits per heavy atom. The monoisotopic (exact) mass is 807 g/mol. The second-order valence-electron chi connectivity index (χ2n) is 19.1. The molecule has 1 fully saturated rings. The van der Waals surface area contributed by atoms with Crippen molar-refractivity contribution in [2.24, 2.45) is 5.92 Å². The van der Waals surface area contributed by atoms with Crippen molar-refractivity contribution in [3.8, 4) is 44.5 Å². The van der Waals surface area contributed by atoms with Gasteiger partial charge in [-0.3, -0.25) is 0 Å². The van der Waals surface area contributed by atoms with Crippen LogP contribution in [-0.2, 0) is 10.8 Å². The summed E-state index contributed by atoms with van der Waals surface area (Å²) in [5.74, 6) is 1.14. The highest BCUT2D eigenvalue weighted by atomic mass is 15.2. The Labute approximate surface area is 371 Å². The molecule has 1 saturated carbocycles. The molecule has 9 aromatic carbocycles. The molecule has 0 heterocycles. The second kappa shape index (κ2) is 13.8. The highest BCUT2D eigenvalue weighted by Crippen LogP contribution is 2.64. The molecule has 63 heavy (non-hydrogen) atoms. The van der Waals surface area contributed by atoms with Gasteiger partial charge in [-0.25, -0.2) is 0 Å². The van der Waals surface area contributed by atoms with E-state index in [-0.39, 0.29) is 5.41 Å². The summed E-state index contributed by atoms with van der Waals surface area (Å²) in [6.07, 6.45) is 3.45. The summed E-state index contributed by atoms with van der Waals surface area (Å²) in [7, 11) is 0. The Kier molecular flexibility index (Phi) is 8.02. The number of fused-ring (bicyclic) bond motifs is 12. The van der Waals surface area contributed by atoms with Crippen molar-refractivity contribution in [3.05, 3.63) is 240 Å². The number of para-hydroxylation sites is 1. The molecule has 4 unspecified atom stereocenters. The van der Waals surface area contributed by atoms with Gasteiger partial charge in [0.15, 0.2) is 0 Å². The van der Waals surface area contributed by atoms with Crippen molar-refractivity contribution in [1.82, 2.24) is 0 Å². The van der Waals surface area contributed by atoms with Gasteiger partial charge in [-0.15, -0.1) is 0 Å². The number of anilines is 2. The van der Waals surface area contributed by atoms with Crippen LogP contribution in [0.1, 0.15) is 72.4 Å². The molecule has 9 aromatic rings. The Morgan fingerprint density at radius 3 is 1.86 bits per heavy atom. The minimum Gasteiger partial charge on any atom is -0.338 e. The fourth-order valence-corrected chi connectivity index (χ4v) is 13.3. The van der Waals surface area contributed by atoms with Crippen LogP contribution < -0.4 is 4.90 Å². The van der Waals surface area contributed by atoms with Gasteiger partial charge in [0.2, 0.25) is 0 Å². The molecule has 0 N–H and O–H groups in total. The van der Waals surface area contributed by atoms with E-state index in [0.717, 1.165) is 12.8 Å². The third-order valence-corrected chi connectivity index (χ3v) is 15.9. The Balaban J connectivity index is 1.09. The molecule has 0 bridgehead atoms. The number of benzene rings is 9. The van der Waals surface area contributed by atoms with Gasteiger partial charge in [0.25, 0.3) is 0 Å². The van der Waals surface area contributed by atoms with Crippen molar-refractivity contribution in [1.29, 1.82) is 0 Å². The minimum atomic E-state index is -0.534. The number of hydrogen-bond donors (Lipinski definition) is 0. The Morgan fingerprint density at radius 1 is 0.444 bits per heavy atom. The topological polar surface area (TPSA) is 3.24 Å². The number of rotatable bonds is 5. The van der Waals surface area contributed by atoms with Gasteiger partial charge in [-0.1, -0.05) is 202 Å². The van der Waals surface area contributed by atoms with E-state index in [9.17, 15) is 0 Å². The predicted molar refractivity (Wildman–Crippen MR) is 263 cm³/mol. The van der Waals surface area contributed by atoms with Crippen LogP contribution in [0.3, 0.4) is 0 Å². The van der Waals surface area contributed by atoms with E-state index in [0.29, 0.717) is 17.9 Å². The first kappa shape index (κ1) is 36.7. The van der Waals surface area contributed by atoms with Crippen LogP contribution in [-0.4, -0.2) is 6.04 Å². The number of nitrogens with zero attached hydrogens (tertiary/aromatic N) is 1. The lowest BCUT2D eigenvalue weighted by atomic mass is 9.61. The molecule has 4 aliphatic carbocycles. The number of hydrogen-bond acceptors (Lipinski definition) is 1. The van der Waals surface area contributed by atoms with Gasteiger partial charge in [0.1, 0.15) is 0 Å². The van der Waals surface area contributed by atoms with E-state index >= 15 is 0 Å². The summed E-state index contributed by atoms with van der Waals surface area (Å²) in [4.78, 5) is 2.79. The maximum absolute atomic E-state index is 2.79. The molecule has 302 valence electrons. The molecule has 4 atom stereocenters. The van der Waals surface area contributed by atoms with Crippen LogP contribution in [0.4, 0.5) is 11.4 Å². The summed E-state index contributed by atoms with van der Waals surface area (Å²) in [6.45, 7) is 5.03. The van der Waals surface area contributed by atoms with Gasteiger partial charge in [-0.05, 0) is 138 Å². The molecular formula is C62H49N. The summed E-state index contributed by atoms with van der Waals surface area (Å²) >= 11 is 0. The van der Waals surface area contributed by atoms with E-state index in [2.05, 4.69) is 225 Å². The maximum atomic E-state index is 2.79. The van der Waals surface area contributed by atoms with Crippen molar-refractivity contribution < 1.29 is 0 Å². The largest absolute Gasteiger partial charge is 0.338 e. The van der Waals surface area contributed by atoms with Crippen LogP contribution in [0.5, 0.6) is 0 Å². The zero-order chi connectivity index (χ0) is 41.9. The summed E-state index contributed by atoms with van der Waals surface area (Å²) in [5, 5.41) is 2.65. The Hall–Kier alpha value is -6.96. The van der Waals surface area contributed by atoms with Gasteiger partial charge < -0.3 is 4.90 Å². The van der Waals surface area contributed by atoms with Gasteiger partial charge >= 0.3 is 0 Å². The van der Waals surface area contributed by atoms with E-state index in [1.54, 1.807) is 11.1 Å². The van der Waals surface area contributed by atoms with Crippen molar-refractivity contribution in [2.75, 3.05) is 4.90 Å². The highest BCUT2D eigenvalue weighted by molar-refractivity contribution is 6.08. The average Bonchev–Trinajstić information content (AvgIpc) is 3.76. The molecule has 0 radical (unpaired) electrons. The smallest absolute Gasteiger partial charge is 0.0726 e. The molecule has 1 heteroatoms. The fraction of sp³-hybridized carbons (Fsp3) is 0.161. The first-order chi connectivity index (χ1) is 31.0. The van der Waals surface area contributed by atoms with E-state index in [4.69, 9.17) is 0 Å². The van der Waals surface area contributed by atoms with Crippen molar-refractivity contribution >= 4 is 22.1 Å². The van der Waals surface area contributed by atoms with E-state index in [1.807, 2.05) is 0 Å². The molecular weight excluding hydrogens is 759 g/mol. The van der Waals surface area contributed by atoms with Crippen LogP contribution in [0.15, 0.2) is 206 Å². The third-order valence-electron chi connectivity index (χ3n) is 15.9. The standard InChI is InChI=1S/C62H49N/c1-61(2)52-29-12-9-25-47(52)49-36-34-43(38-56(49)61)63(58-33-14-11-24-45(58)40-18-5-3-6-19-40)44-35-37-51-57(39-44)62(55-32-17-27-46(60(51)55)41-20-7-4-8-21-41)53-30-13-10-26-48(53)50-28-15-22-42-23-16-31-54(62)59(42)50/h3-33,35,37,39,43,49,56H,34,36,38H2,1-2H3. The van der Waals surface area contributed by atoms with Gasteiger partial charge in [0, 0.05) is 23.0 Å². The summed E-state index contributed by atoms with van der Waals surface area (Å²) in [5.41, 5.74) is 21.1. The zero-order valence-corrected chi connectivity index (χ0v) is 35.9. The van der Waals surface area contributed by atoms with Crippen LogP contribution in [0.25, 0.3) is 55.3 Å². The summed E-state index contributed by atoms with van der Waals surface area (Å²) in [6, 6.07) is 78.8. The molecule has 0 aliphatic heterocycles. The maximum Gasteiger partial charge on any atom is 0.0726 e. The van der Waals surface area contributed by atoms with Crippen molar-refractivity contribution in [3.63, 3.8) is 0 Å². The quantitative estimate of drug-likeness (QED) is 0.167. The predicted octanol–water partition coefficient (Wildman–Crippen LogP) is 15.9. The van der Waals surface area contributed by atoms with Crippen molar-refractivity contribution in [2.45, 2.75) is 55.9 Å². The minimum absolute atomic E-state index is 0.0971. The van der Waals surface area contributed by atoms with Gasteiger partial charge in [0.05, 0.1) is 5.41 Å². The lowest BCUT2D eigenvalue weighted by Crippen LogP contribution is -2.41. The molecule has 0 aromatic heterocycles. The first-order valence-corrected chi connectivity index (χ1v) is 23.0. The normalized spacial score (nSPS) is 20.7.